The van der Waals surface area contributed by atoms with Gasteiger partial charge in [-0.15, -0.1) is 0 Å². The summed E-state index contributed by atoms with van der Waals surface area (Å²) in [6.07, 6.45) is 0.175. The molecule has 0 fully saturated rings. The van der Waals surface area contributed by atoms with Gasteiger partial charge in [-0.3, -0.25) is 14.4 Å². The highest BCUT2D eigenvalue weighted by Crippen LogP contribution is 2.11. The lowest BCUT2D eigenvalue weighted by atomic mass is 10.0. The van der Waals surface area contributed by atoms with Crippen molar-refractivity contribution in [2.24, 2.45) is 0 Å². The Balaban J connectivity index is 1.77. The van der Waals surface area contributed by atoms with Gasteiger partial charge >= 0.3 is 0 Å². The number of ether oxygens (including phenoxy) is 1. The summed E-state index contributed by atoms with van der Waals surface area (Å²) in [5.41, 5.74) is 2.16. The highest BCUT2D eigenvalue weighted by molar-refractivity contribution is 6.00. The molecule has 0 atom stereocenters. The standard InChI is InChI=1S/C20H21NO4/c1-14-3-5-15(6-4-14)18(22)11-12-20(24)21-13-19(23)16-7-9-17(25-2)10-8-16/h3-10H,11-13H2,1-2H3,(H,21,24). The summed E-state index contributed by atoms with van der Waals surface area (Å²) in [6, 6.07) is 13.9. The Hall–Kier alpha value is -2.95. The van der Waals surface area contributed by atoms with Gasteiger partial charge in [0.15, 0.2) is 11.6 Å². The summed E-state index contributed by atoms with van der Waals surface area (Å²) in [6.45, 7) is 1.85. The highest BCUT2D eigenvalue weighted by atomic mass is 16.5. The monoisotopic (exact) mass is 339 g/mol. The van der Waals surface area contributed by atoms with Crippen LogP contribution in [0, 0.1) is 6.92 Å². The number of ketones is 2. The zero-order chi connectivity index (χ0) is 18.2. The first kappa shape index (κ1) is 18.4. The van der Waals surface area contributed by atoms with Gasteiger partial charge in [-0.25, -0.2) is 0 Å². The Morgan fingerprint density at radius 2 is 1.40 bits per heavy atom. The average molecular weight is 339 g/mol. The van der Waals surface area contributed by atoms with Crippen LogP contribution in [-0.4, -0.2) is 31.1 Å². The topological polar surface area (TPSA) is 72.5 Å². The molecule has 5 heteroatoms. The molecule has 0 bridgehead atoms. The summed E-state index contributed by atoms with van der Waals surface area (Å²) in [4.78, 5) is 35.9. The van der Waals surface area contributed by atoms with Crippen LogP contribution in [0.25, 0.3) is 0 Å². The van der Waals surface area contributed by atoms with Gasteiger partial charge in [0.1, 0.15) is 5.75 Å². The van der Waals surface area contributed by atoms with Crippen LogP contribution in [0.4, 0.5) is 0 Å². The smallest absolute Gasteiger partial charge is 0.220 e. The fourth-order valence-corrected chi connectivity index (χ4v) is 2.26. The van der Waals surface area contributed by atoms with Crippen LogP contribution in [0.3, 0.4) is 0 Å². The van der Waals surface area contributed by atoms with E-state index in [-0.39, 0.29) is 36.9 Å². The van der Waals surface area contributed by atoms with Crippen molar-refractivity contribution in [2.45, 2.75) is 19.8 Å². The Kier molecular flexibility index (Phi) is 6.46. The molecule has 1 N–H and O–H groups in total. The molecule has 0 saturated carbocycles. The van der Waals surface area contributed by atoms with Crippen LogP contribution in [0.5, 0.6) is 5.75 Å². The van der Waals surface area contributed by atoms with E-state index in [1.54, 1.807) is 43.5 Å². The molecule has 0 unspecified atom stereocenters. The van der Waals surface area contributed by atoms with Crippen LogP contribution in [0.15, 0.2) is 48.5 Å². The summed E-state index contributed by atoms with van der Waals surface area (Å²) < 4.78 is 5.03. The van der Waals surface area contributed by atoms with Crippen molar-refractivity contribution in [2.75, 3.05) is 13.7 Å². The molecule has 1 amide bonds. The van der Waals surface area contributed by atoms with Crippen LogP contribution in [0.2, 0.25) is 0 Å². The van der Waals surface area contributed by atoms with Crippen molar-refractivity contribution in [3.05, 3.63) is 65.2 Å². The number of carbonyl (C=O) groups is 3. The fraction of sp³-hybridized carbons (Fsp3) is 0.250. The summed E-state index contributed by atoms with van der Waals surface area (Å²) >= 11 is 0. The third kappa shape index (κ3) is 5.57. The van der Waals surface area contributed by atoms with E-state index in [0.29, 0.717) is 16.9 Å². The first-order valence-electron chi connectivity index (χ1n) is 8.03. The molecule has 0 aliphatic rings. The van der Waals surface area contributed by atoms with Crippen molar-refractivity contribution in [3.8, 4) is 5.75 Å². The zero-order valence-electron chi connectivity index (χ0n) is 14.4. The van der Waals surface area contributed by atoms with E-state index in [9.17, 15) is 14.4 Å². The first-order chi connectivity index (χ1) is 12.0. The minimum absolute atomic E-state index is 0.0581. The maximum absolute atomic E-state index is 12.0. The summed E-state index contributed by atoms with van der Waals surface area (Å²) in [5.74, 6) is 0.0648. The second kappa shape index (κ2) is 8.78. The maximum atomic E-state index is 12.0. The van der Waals surface area contributed by atoms with Crippen LogP contribution in [0.1, 0.15) is 39.1 Å². The third-order valence-electron chi connectivity index (χ3n) is 3.81. The van der Waals surface area contributed by atoms with Gasteiger partial charge in [0.05, 0.1) is 13.7 Å². The molecule has 0 heterocycles. The van der Waals surface area contributed by atoms with Gasteiger partial charge in [0.25, 0.3) is 0 Å². The number of aryl methyl sites for hydroxylation is 1. The number of methoxy groups -OCH3 is 1. The molecule has 130 valence electrons. The molecule has 2 aromatic rings. The lowest BCUT2D eigenvalue weighted by molar-refractivity contribution is -0.120. The predicted octanol–water partition coefficient (Wildman–Crippen LogP) is 2.97. The normalized spacial score (nSPS) is 10.2. The third-order valence-corrected chi connectivity index (χ3v) is 3.81. The van der Waals surface area contributed by atoms with Gasteiger partial charge in [0.2, 0.25) is 5.91 Å². The number of hydrogen-bond acceptors (Lipinski definition) is 4. The number of hydrogen-bond donors (Lipinski definition) is 1. The number of nitrogens with one attached hydrogen (secondary N) is 1. The van der Waals surface area contributed by atoms with Crippen molar-refractivity contribution in [3.63, 3.8) is 0 Å². The summed E-state index contributed by atoms with van der Waals surface area (Å²) in [7, 11) is 1.55. The number of amides is 1. The van der Waals surface area contributed by atoms with E-state index in [0.717, 1.165) is 5.56 Å². The fourth-order valence-electron chi connectivity index (χ4n) is 2.26. The number of benzene rings is 2. The van der Waals surface area contributed by atoms with Crippen molar-refractivity contribution in [1.82, 2.24) is 5.32 Å². The van der Waals surface area contributed by atoms with E-state index in [2.05, 4.69) is 5.32 Å². The number of Topliss-reactive ketones (excluding diaryl/α,β-unsaturated/α-hetero) is 2. The quantitative estimate of drug-likeness (QED) is 0.751. The van der Waals surface area contributed by atoms with E-state index >= 15 is 0 Å². The first-order valence-corrected chi connectivity index (χ1v) is 8.03. The summed E-state index contributed by atoms with van der Waals surface area (Å²) in [5, 5.41) is 2.55. The minimum Gasteiger partial charge on any atom is -0.497 e. The molecule has 0 aliphatic heterocycles. The van der Waals surface area contributed by atoms with E-state index in [1.165, 1.54) is 0 Å². The molecule has 25 heavy (non-hydrogen) atoms. The zero-order valence-corrected chi connectivity index (χ0v) is 14.4. The van der Waals surface area contributed by atoms with Gasteiger partial charge in [0, 0.05) is 24.0 Å². The lowest BCUT2D eigenvalue weighted by Crippen LogP contribution is -2.29. The van der Waals surface area contributed by atoms with Crippen LogP contribution in [-0.2, 0) is 4.79 Å². The molecule has 0 spiro atoms. The SMILES string of the molecule is COc1ccc(C(=O)CNC(=O)CCC(=O)c2ccc(C)cc2)cc1. The average Bonchev–Trinajstić information content (AvgIpc) is 2.64. The van der Waals surface area contributed by atoms with E-state index < -0.39 is 0 Å². The molecule has 2 aromatic carbocycles. The number of carbonyl (C=O) groups excluding carboxylic acids is 3. The van der Waals surface area contributed by atoms with Crippen LogP contribution < -0.4 is 10.1 Å². The van der Waals surface area contributed by atoms with E-state index in [4.69, 9.17) is 4.74 Å². The highest BCUT2D eigenvalue weighted by Gasteiger charge is 2.11. The molecule has 0 aromatic heterocycles. The van der Waals surface area contributed by atoms with Crippen LogP contribution >= 0.6 is 0 Å². The molecule has 0 saturated heterocycles. The predicted molar refractivity (Wildman–Crippen MR) is 95.1 cm³/mol. The van der Waals surface area contributed by atoms with Crippen molar-refractivity contribution in [1.29, 1.82) is 0 Å². The largest absolute Gasteiger partial charge is 0.497 e. The molecule has 0 aliphatic carbocycles. The Bertz CT molecular complexity index is 748. The van der Waals surface area contributed by atoms with Gasteiger partial charge < -0.3 is 10.1 Å². The lowest BCUT2D eigenvalue weighted by Gasteiger charge is -2.06. The van der Waals surface area contributed by atoms with Gasteiger partial charge in [-0.2, -0.15) is 0 Å². The molecule has 2 rings (SSSR count). The number of rotatable bonds is 8. The van der Waals surface area contributed by atoms with Gasteiger partial charge in [-0.1, -0.05) is 29.8 Å². The maximum Gasteiger partial charge on any atom is 0.220 e. The van der Waals surface area contributed by atoms with Gasteiger partial charge in [-0.05, 0) is 31.2 Å². The Morgan fingerprint density at radius 1 is 0.840 bits per heavy atom. The molecular weight excluding hydrogens is 318 g/mol. The molecular formula is C20H21NO4. The Morgan fingerprint density at radius 3 is 2.00 bits per heavy atom. The second-order valence-electron chi connectivity index (χ2n) is 5.72. The molecule has 0 radical (unpaired) electrons. The second-order valence-corrected chi connectivity index (χ2v) is 5.72. The van der Waals surface area contributed by atoms with Crippen molar-refractivity contribution < 1.29 is 19.1 Å². The minimum atomic E-state index is -0.317. The van der Waals surface area contributed by atoms with E-state index in [1.807, 2.05) is 19.1 Å². The molecule has 5 nitrogen and oxygen atoms in total. The Labute approximate surface area is 147 Å². The van der Waals surface area contributed by atoms with Crippen molar-refractivity contribution >= 4 is 17.5 Å².